The number of ether oxygens (including phenoxy) is 1. The minimum absolute atomic E-state index is 0.282. The second-order valence-corrected chi connectivity index (χ2v) is 10.7. The average Bonchev–Trinajstić information content (AvgIpc) is 2.82. The number of carbonyl (C=O) groups is 1. The first-order valence-corrected chi connectivity index (χ1v) is 13.5. The van der Waals surface area contributed by atoms with Gasteiger partial charge in [0.1, 0.15) is 0 Å². The van der Waals surface area contributed by atoms with Crippen LogP contribution in [0.4, 0.5) is 0 Å². The third-order valence-electron chi connectivity index (χ3n) is 6.01. The van der Waals surface area contributed by atoms with Crippen LogP contribution in [0.5, 0.6) is 0 Å². The summed E-state index contributed by atoms with van der Waals surface area (Å²) in [6.07, 6.45) is 0.0401. The third kappa shape index (κ3) is 5.80. The van der Waals surface area contributed by atoms with Crippen molar-refractivity contribution in [3.8, 4) is 0 Å². The predicted octanol–water partition coefficient (Wildman–Crippen LogP) is 6.87. The van der Waals surface area contributed by atoms with Crippen LogP contribution in [0.3, 0.4) is 0 Å². The van der Waals surface area contributed by atoms with Crippen LogP contribution in [0.25, 0.3) is 0 Å². The van der Waals surface area contributed by atoms with E-state index in [0.717, 1.165) is 0 Å². The SMILES string of the molecule is CCC(CC)(CP(=O)(O)O)OC(C(=O)c1ccc(Cl)cc1)(c1ccccc1)c1ccc(Cl)cc1. The van der Waals surface area contributed by atoms with Crippen molar-refractivity contribution in [2.45, 2.75) is 37.9 Å². The largest absolute Gasteiger partial charge is 0.350 e. The van der Waals surface area contributed by atoms with E-state index in [-0.39, 0.29) is 18.6 Å². The molecule has 0 saturated heterocycles. The monoisotopic (exact) mass is 520 g/mol. The lowest BCUT2D eigenvalue weighted by Gasteiger charge is -2.43. The maximum atomic E-state index is 14.3. The van der Waals surface area contributed by atoms with Gasteiger partial charge in [0.05, 0.1) is 11.8 Å². The summed E-state index contributed by atoms with van der Waals surface area (Å²) in [4.78, 5) is 34.1. The highest BCUT2D eigenvalue weighted by Gasteiger charge is 2.50. The van der Waals surface area contributed by atoms with E-state index in [1.807, 2.05) is 6.07 Å². The highest BCUT2D eigenvalue weighted by molar-refractivity contribution is 7.51. The molecule has 0 heterocycles. The first-order chi connectivity index (χ1) is 16.0. The Labute approximate surface area is 209 Å². The van der Waals surface area contributed by atoms with Crippen LogP contribution in [-0.4, -0.2) is 27.3 Å². The molecule has 2 N–H and O–H groups in total. The number of benzene rings is 3. The second kappa shape index (κ2) is 10.7. The van der Waals surface area contributed by atoms with Crippen LogP contribution in [0, 0.1) is 0 Å². The first kappa shape index (κ1) is 26.6. The summed E-state index contributed by atoms with van der Waals surface area (Å²) in [7, 11) is -4.48. The lowest BCUT2D eigenvalue weighted by atomic mass is 9.78. The van der Waals surface area contributed by atoms with Crippen LogP contribution in [0.1, 0.15) is 48.2 Å². The Morgan fingerprint density at radius 2 is 1.29 bits per heavy atom. The zero-order valence-electron chi connectivity index (χ0n) is 18.9. The van der Waals surface area contributed by atoms with Gasteiger partial charge >= 0.3 is 7.60 Å². The van der Waals surface area contributed by atoms with Crippen molar-refractivity contribution in [1.82, 2.24) is 0 Å². The van der Waals surface area contributed by atoms with Crippen molar-refractivity contribution in [3.63, 3.8) is 0 Å². The maximum Gasteiger partial charge on any atom is 0.328 e. The molecule has 3 rings (SSSR count). The predicted molar refractivity (Wildman–Crippen MR) is 136 cm³/mol. The second-order valence-electron chi connectivity index (χ2n) is 8.21. The Balaban J connectivity index is 2.35. The van der Waals surface area contributed by atoms with Crippen molar-refractivity contribution in [2.75, 3.05) is 6.16 Å². The van der Waals surface area contributed by atoms with E-state index in [0.29, 0.717) is 26.7 Å². The fourth-order valence-corrected chi connectivity index (χ4v) is 5.62. The molecule has 0 radical (unpaired) electrons. The Morgan fingerprint density at radius 1 is 0.824 bits per heavy atom. The molecule has 1 unspecified atom stereocenters. The number of Topliss-reactive ketones (excluding diaryl/α,β-unsaturated/α-hetero) is 1. The van der Waals surface area contributed by atoms with Gasteiger partial charge in [0.15, 0.2) is 5.60 Å². The zero-order chi connectivity index (χ0) is 25.0. The standard InChI is InChI=1S/C26H27Cl2O5P/c1-3-25(4-2,18-34(30,31)32)33-26(20-8-6-5-7-9-20,21-12-16-23(28)17-13-21)24(29)19-10-14-22(27)15-11-19/h5-17H,3-4,18H2,1-2H3,(H2,30,31,32). The molecular weight excluding hydrogens is 494 g/mol. The van der Waals surface area contributed by atoms with Gasteiger partial charge in [-0.15, -0.1) is 0 Å². The summed E-state index contributed by atoms with van der Waals surface area (Å²) in [5.74, 6) is -0.380. The molecule has 5 nitrogen and oxygen atoms in total. The van der Waals surface area contributed by atoms with Gasteiger partial charge in [0, 0.05) is 15.6 Å². The van der Waals surface area contributed by atoms with Gasteiger partial charge < -0.3 is 14.5 Å². The molecule has 0 bridgehead atoms. The molecule has 3 aromatic rings. The number of carbonyl (C=O) groups excluding carboxylic acids is 1. The van der Waals surface area contributed by atoms with E-state index >= 15 is 0 Å². The van der Waals surface area contributed by atoms with Crippen LogP contribution in [0.15, 0.2) is 78.9 Å². The number of ketones is 1. The summed E-state index contributed by atoms with van der Waals surface area (Å²) < 4.78 is 18.9. The molecule has 0 aromatic heterocycles. The normalized spacial score (nSPS) is 13.9. The summed E-state index contributed by atoms with van der Waals surface area (Å²) in [6, 6.07) is 22.2. The lowest BCUT2D eigenvalue weighted by molar-refractivity contribution is -0.115. The third-order valence-corrected chi connectivity index (χ3v) is 7.50. The highest BCUT2D eigenvalue weighted by Crippen LogP contribution is 2.48. The smallest absolute Gasteiger partial charge is 0.328 e. The topological polar surface area (TPSA) is 83.8 Å². The fraction of sp³-hybridized carbons (Fsp3) is 0.269. The maximum absolute atomic E-state index is 14.3. The van der Waals surface area contributed by atoms with E-state index in [1.54, 1.807) is 86.6 Å². The number of halogens is 2. The summed E-state index contributed by atoms with van der Waals surface area (Å²) in [6.45, 7) is 3.59. The molecule has 180 valence electrons. The van der Waals surface area contributed by atoms with Gasteiger partial charge in [0.25, 0.3) is 0 Å². The van der Waals surface area contributed by atoms with Crippen molar-refractivity contribution < 1.29 is 23.9 Å². The lowest BCUT2D eigenvalue weighted by Crippen LogP contribution is -2.50. The van der Waals surface area contributed by atoms with E-state index in [2.05, 4.69) is 0 Å². The van der Waals surface area contributed by atoms with Gasteiger partial charge in [0.2, 0.25) is 5.78 Å². The Kier molecular flexibility index (Phi) is 8.41. The highest BCUT2D eigenvalue weighted by atomic mass is 35.5. The minimum atomic E-state index is -4.48. The average molecular weight is 521 g/mol. The Hall–Kier alpha value is -1.98. The molecule has 0 saturated carbocycles. The Bertz CT molecular complexity index is 1160. The van der Waals surface area contributed by atoms with Gasteiger partial charge in [-0.25, -0.2) is 0 Å². The number of hydrogen-bond acceptors (Lipinski definition) is 3. The first-order valence-electron chi connectivity index (χ1n) is 10.9. The van der Waals surface area contributed by atoms with Crippen LogP contribution >= 0.6 is 30.8 Å². The van der Waals surface area contributed by atoms with Crippen molar-refractivity contribution in [3.05, 3.63) is 106 Å². The summed E-state index contributed by atoms with van der Waals surface area (Å²) >= 11 is 12.2. The molecule has 0 aliphatic carbocycles. The molecule has 0 amide bonds. The van der Waals surface area contributed by atoms with Crippen LogP contribution < -0.4 is 0 Å². The molecular formula is C26H27Cl2O5P. The van der Waals surface area contributed by atoms with E-state index in [9.17, 15) is 19.1 Å². The van der Waals surface area contributed by atoms with Gasteiger partial charge in [-0.05, 0) is 60.4 Å². The van der Waals surface area contributed by atoms with E-state index in [1.165, 1.54) is 0 Å². The van der Waals surface area contributed by atoms with Crippen molar-refractivity contribution in [2.24, 2.45) is 0 Å². The zero-order valence-corrected chi connectivity index (χ0v) is 21.4. The molecule has 0 spiro atoms. The Morgan fingerprint density at radius 3 is 1.76 bits per heavy atom. The summed E-state index contributed by atoms with van der Waals surface area (Å²) in [5.41, 5.74) is -1.59. The van der Waals surface area contributed by atoms with E-state index < -0.39 is 25.0 Å². The number of rotatable bonds is 10. The molecule has 3 aromatic carbocycles. The molecule has 1 atom stereocenters. The van der Waals surface area contributed by atoms with Crippen molar-refractivity contribution in [1.29, 1.82) is 0 Å². The minimum Gasteiger partial charge on any atom is -0.350 e. The van der Waals surface area contributed by atoms with Crippen LogP contribution in [0.2, 0.25) is 10.0 Å². The molecule has 8 heteroatoms. The van der Waals surface area contributed by atoms with E-state index in [4.69, 9.17) is 27.9 Å². The van der Waals surface area contributed by atoms with Crippen molar-refractivity contribution >= 4 is 36.6 Å². The molecule has 0 aliphatic heterocycles. The summed E-state index contributed by atoms with van der Waals surface area (Å²) in [5, 5.41) is 0.962. The van der Waals surface area contributed by atoms with Gasteiger partial charge in [-0.2, -0.15) is 0 Å². The molecule has 0 fully saturated rings. The quantitative estimate of drug-likeness (QED) is 0.225. The van der Waals surface area contributed by atoms with Gasteiger partial charge in [-0.3, -0.25) is 9.36 Å². The van der Waals surface area contributed by atoms with Gasteiger partial charge in [-0.1, -0.05) is 79.5 Å². The number of hydrogen-bond donors (Lipinski definition) is 2. The molecule has 0 aliphatic rings. The molecule has 34 heavy (non-hydrogen) atoms. The van der Waals surface area contributed by atoms with Crippen LogP contribution in [-0.2, 0) is 14.9 Å². The fourth-order valence-electron chi connectivity index (χ4n) is 4.11.